The van der Waals surface area contributed by atoms with Crippen molar-refractivity contribution >= 4 is 17.4 Å². The van der Waals surface area contributed by atoms with Crippen LogP contribution < -0.4 is 0 Å². The molecule has 9 nitrogen and oxygen atoms in total. The number of aliphatic hydroxyl groups excluding tert-OH is 1. The van der Waals surface area contributed by atoms with Gasteiger partial charge in [-0.05, 0) is 31.9 Å². The van der Waals surface area contributed by atoms with E-state index in [1.807, 2.05) is 6.07 Å². The number of carbonyl (C=O) groups excluding carboxylic acids is 2. The lowest BCUT2D eigenvalue weighted by Crippen LogP contribution is -2.39. The zero-order valence-electron chi connectivity index (χ0n) is 17.8. The predicted octanol–water partition coefficient (Wildman–Crippen LogP) is 1.57. The molecule has 164 valence electrons. The second kappa shape index (κ2) is 8.99. The number of likely N-dealkylation sites (tertiary alicyclic amines) is 1. The number of amides is 1. The molecule has 0 radical (unpaired) electrons. The van der Waals surface area contributed by atoms with E-state index in [1.165, 1.54) is 0 Å². The molecule has 1 atom stereocenters. The van der Waals surface area contributed by atoms with Crippen molar-refractivity contribution in [3.63, 3.8) is 0 Å². The van der Waals surface area contributed by atoms with Gasteiger partial charge in [-0.2, -0.15) is 5.10 Å². The summed E-state index contributed by atoms with van der Waals surface area (Å²) in [5, 5.41) is 18.1. The number of morpholine rings is 1. The number of ether oxygens (including phenoxy) is 1. The van der Waals surface area contributed by atoms with Gasteiger partial charge in [0, 0.05) is 44.3 Å². The number of hydrogen-bond acceptors (Lipinski definition) is 7. The molecule has 1 unspecified atom stereocenters. The topological polar surface area (TPSA) is 112 Å². The number of ketones is 1. The fraction of sp³-hybridized carbons (Fsp3) is 0.455. The molecule has 4 heterocycles. The van der Waals surface area contributed by atoms with Gasteiger partial charge >= 0.3 is 0 Å². The minimum atomic E-state index is -0.688. The third-order valence-corrected chi connectivity index (χ3v) is 5.88. The summed E-state index contributed by atoms with van der Waals surface area (Å²) < 4.78 is 5.38. The highest BCUT2D eigenvalue weighted by molar-refractivity contribution is 6.46. The zero-order valence-corrected chi connectivity index (χ0v) is 17.8. The highest BCUT2D eigenvalue weighted by Gasteiger charge is 2.46. The number of Topliss-reactive ketones (excluding diaryl/α,β-unsaturated/α-hetero) is 1. The summed E-state index contributed by atoms with van der Waals surface area (Å²) in [6.07, 6.45) is 3.99. The van der Waals surface area contributed by atoms with Crippen LogP contribution in [-0.2, 0) is 14.3 Å². The number of aromatic amines is 1. The molecule has 2 aromatic rings. The van der Waals surface area contributed by atoms with Crippen LogP contribution in [0.4, 0.5) is 0 Å². The molecule has 0 aromatic carbocycles. The number of nitrogens with one attached hydrogen (secondary N) is 1. The summed E-state index contributed by atoms with van der Waals surface area (Å²) in [5.74, 6) is -1.49. The van der Waals surface area contributed by atoms with Crippen LogP contribution in [0.1, 0.15) is 35.0 Å². The van der Waals surface area contributed by atoms with Crippen molar-refractivity contribution in [3.05, 3.63) is 52.6 Å². The van der Waals surface area contributed by atoms with E-state index in [4.69, 9.17) is 4.74 Å². The number of rotatable bonds is 6. The Morgan fingerprint density at radius 3 is 2.68 bits per heavy atom. The standard InChI is InChI=1S/C22H27N5O4/c1-14-17(15(2)25-24-14)20(28)18-19(16-5-3-6-23-13-16)27(22(30)21(18)29)8-4-7-26-9-11-31-12-10-26/h3,5-6,13,19,28H,4,7-12H2,1-2H3,(H,24,25). The van der Waals surface area contributed by atoms with Crippen molar-refractivity contribution in [1.29, 1.82) is 0 Å². The SMILES string of the molecule is Cc1n[nH]c(C)c1C(O)=C1C(=O)C(=O)N(CCCN2CCOCC2)C1c1cccnc1. The van der Waals surface area contributed by atoms with Crippen LogP contribution in [0.2, 0.25) is 0 Å². The molecule has 0 saturated carbocycles. The van der Waals surface area contributed by atoms with Crippen LogP contribution in [0.3, 0.4) is 0 Å². The second-order valence-electron chi connectivity index (χ2n) is 7.90. The summed E-state index contributed by atoms with van der Waals surface area (Å²) in [5.41, 5.74) is 2.43. The van der Waals surface area contributed by atoms with Gasteiger partial charge in [0.05, 0.1) is 36.1 Å². The maximum absolute atomic E-state index is 13.0. The van der Waals surface area contributed by atoms with Gasteiger partial charge in [0.25, 0.3) is 11.7 Å². The second-order valence-corrected chi connectivity index (χ2v) is 7.90. The fourth-order valence-corrected chi connectivity index (χ4v) is 4.32. The normalized spacial score (nSPS) is 21.7. The third-order valence-electron chi connectivity index (χ3n) is 5.88. The molecule has 2 aliphatic heterocycles. The molecule has 2 saturated heterocycles. The summed E-state index contributed by atoms with van der Waals surface area (Å²) in [4.78, 5) is 34.0. The van der Waals surface area contributed by atoms with E-state index in [0.717, 1.165) is 19.6 Å². The molecule has 4 rings (SSSR count). The van der Waals surface area contributed by atoms with Gasteiger partial charge in [0.1, 0.15) is 5.76 Å². The first-order chi connectivity index (χ1) is 15.0. The van der Waals surface area contributed by atoms with E-state index >= 15 is 0 Å². The van der Waals surface area contributed by atoms with Crippen molar-refractivity contribution in [2.45, 2.75) is 26.3 Å². The van der Waals surface area contributed by atoms with Crippen molar-refractivity contribution in [2.24, 2.45) is 0 Å². The number of carbonyl (C=O) groups is 2. The molecule has 0 aliphatic carbocycles. The average molecular weight is 425 g/mol. The molecular formula is C22H27N5O4. The smallest absolute Gasteiger partial charge is 0.295 e. The molecular weight excluding hydrogens is 398 g/mol. The van der Waals surface area contributed by atoms with Crippen LogP contribution in [0.25, 0.3) is 5.76 Å². The molecule has 31 heavy (non-hydrogen) atoms. The number of H-pyrrole nitrogens is 1. The molecule has 2 aromatic heterocycles. The molecule has 9 heteroatoms. The summed E-state index contributed by atoms with van der Waals surface area (Å²) in [6.45, 7) is 7.89. The van der Waals surface area contributed by atoms with Gasteiger partial charge in [-0.15, -0.1) is 0 Å². The van der Waals surface area contributed by atoms with Crippen molar-refractivity contribution in [1.82, 2.24) is 25.0 Å². The monoisotopic (exact) mass is 425 g/mol. The Hall–Kier alpha value is -3.04. The first-order valence-corrected chi connectivity index (χ1v) is 10.5. The lowest BCUT2D eigenvalue weighted by atomic mass is 9.95. The molecule has 0 spiro atoms. The number of hydrogen-bond donors (Lipinski definition) is 2. The summed E-state index contributed by atoms with van der Waals surface area (Å²) in [6, 6.07) is 2.89. The third kappa shape index (κ3) is 4.11. The van der Waals surface area contributed by atoms with E-state index in [1.54, 1.807) is 37.2 Å². The van der Waals surface area contributed by atoms with Crippen LogP contribution in [-0.4, -0.2) is 81.2 Å². The Morgan fingerprint density at radius 2 is 2.03 bits per heavy atom. The molecule has 2 fully saturated rings. The largest absolute Gasteiger partial charge is 0.507 e. The van der Waals surface area contributed by atoms with E-state index in [0.29, 0.717) is 48.7 Å². The first-order valence-electron chi connectivity index (χ1n) is 10.5. The fourth-order valence-electron chi connectivity index (χ4n) is 4.32. The van der Waals surface area contributed by atoms with Crippen LogP contribution in [0.15, 0.2) is 30.1 Å². The Kier molecular flexibility index (Phi) is 6.15. The zero-order chi connectivity index (χ0) is 22.0. The highest BCUT2D eigenvalue weighted by Crippen LogP contribution is 2.39. The molecule has 0 bridgehead atoms. The maximum atomic E-state index is 13.0. The number of pyridine rings is 1. The van der Waals surface area contributed by atoms with Crippen LogP contribution >= 0.6 is 0 Å². The lowest BCUT2D eigenvalue weighted by Gasteiger charge is -2.29. The predicted molar refractivity (Wildman–Crippen MR) is 113 cm³/mol. The Balaban J connectivity index is 1.67. The number of aromatic nitrogens is 3. The van der Waals surface area contributed by atoms with Gasteiger partial charge < -0.3 is 14.7 Å². The first kappa shape index (κ1) is 21.2. The lowest BCUT2D eigenvalue weighted by molar-refractivity contribution is -0.140. The van der Waals surface area contributed by atoms with Gasteiger partial charge in [0.2, 0.25) is 0 Å². The van der Waals surface area contributed by atoms with Crippen molar-refractivity contribution in [2.75, 3.05) is 39.4 Å². The quantitative estimate of drug-likeness (QED) is 0.410. The molecule has 2 N–H and O–H groups in total. The Labute approximate surface area is 180 Å². The van der Waals surface area contributed by atoms with E-state index in [9.17, 15) is 14.7 Å². The number of aryl methyl sites for hydroxylation is 2. The van der Waals surface area contributed by atoms with E-state index in [2.05, 4.69) is 20.1 Å². The Bertz CT molecular complexity index is 975. The molecule has 1 amide bonds. The minimum Gasteiger partial charge on any atom is -0.507 e. The van der Waals surface area contributed by atoms with Gasteiger partial charge in [0.15, 0.2) is 0 Å². The highest BCUT2D eigenvalue weighted by atomic mass is 16.5. The van der Waals surface area contributed by atoms with Crippen LogP contribution in [0, 0.1) is 13.8 Å². The van der Waals surface area contributed by atoms with Gasteiger partial charge in [-0.3, -0.25) is 24.6 Å². The van der Waals surface area contributed by atoms with Crippen LogP contribution in [0.5, 0.6) is 0 Å². The average Bonchev–Trinajstić information content (AvgIpc) is 3.25. The minimum absolute atomic E-state index is 0.0805. The summed E-state index contributed by atoms with van der Waals surface area (Å²) >= 11 is 0. The van der Waals surface area contributed by atoms with E-state index < -0.39 is 17.7 Å². The van der Waals surface area contributed by atoms with Crippen molar-refractivity contribution in [3.8, 4) is 0 Å². The van der Waals surface area contributed by atoms with Gasteiger partial charge in [-0.1, -0.05) is 6.07 Å². The van der Waals surface area contributed by atoms with Crippen molar-refractivity contribution < 1.29 is 19.4 Å². The summed E-state index contributed by atoms with van der Waals surface area (Å²) in [7, 11) is 0. The molecule has 2 aliphatic rings. The number of nitrogens with zero attached hydrogens (tertiary/aromatic N) is 4. The maximum Gasteiger partial charge on any atom is 0.295 e. The Morgan fingerprint density at radius 1 is 1.26 bits per heavy atom. The van der Waals surface area contributed by atoms with Gasteiger partial charge in [-0.25, -0.2) is 0 Å². The number of aliphatic hydroxyl groups is 1. The van der Waals surface area contributed by atoms with E-state index in [-0.39, 0.29) is 11.3 Å².